The van der Waals surface area contributed by atoms with Gasteiger partial charge >= 0.3 is 0 Å². The molecule has 39 heavy (non-hydrogen) atoms. The van der Waals surface area contributed by atoms with Gasteiger partial charge in [0, 0.05) is 11.1 Å². The molecule has 0 saturated heterocycles. The second-order valence-corrected chi connectivity index (χ2v) is 8.78. The summed E-state index contributed by atoms with van der Waals surface area (Å²) in [5.74, 6) is 1.22. The van der Waals surface area contributed by atoms with Crippen molar-refractivity contribution in [3.05, 3.63) is 119 Å². The van der Waals surface area contributed by atoms with E-state index >= 15 is 0 Å². The molecule has 1 aliphatic heterocycles. The van der Waals surface area contributed by atoms with E-state index < -0.39 is 11.9 Å². The molecule has 1 aromatic heterocycles. The summed E-state index contributed by atoms with van der Waals surface area (Å²) in [5, 5.41) is 10.1. The van der Waals surface area contributed by atoms with Crippen molar-refractivity contribution in [2.75, 3.05) is 6.79 Å². The molecule has 1 atom stereocenters. The van der Waals surface area contributed by atoms with Crippen LogP contribution in [0.2, 0.25) is 0 Å². The van der Waals surface area contributed by atoms with Gasteiger partial charge in [-0.1, -0.05) is 48.5 Å². The van der Waals surface area contributed by atoms with Crippen molar-refractivity contribution in [2.45, 2.75) is 6.04 Å². The SMILES string of the molecule is N#CC(NNC(=O)c1ccc(-n2c(-c3ccccc3)nc3ccccc3c2=O)cc1)c1ccc2c(c1)OCO2. The number of fused-ring (bicyclic) bond motifs is 2. The number of hydrazine groups is 1. The first kappa shape index (κ1) is 23.9. The normalized spacial score (nSPS) is 12.6. The van der Waals surface area contributed by atoms with Crippen LogP contribution in [0.5, 0.6) is 11.5 Å². The standard InChI is InChI=1S/C30H21N5O4/c31-17-25(21-12-15-26-27(16-21)39-18-38-26)33-34-29(36)20-10-13-22(14-11-20)35-28(19-6-2-1-3-7-19)32-24-9-5-4-8-23(24)30(35)37/h1-16,25,33H,18H2,(H,34,36). The quantitative estimate of drug-likeness (QED) is 0.324. The maximum absolute atomic E-state index is 13.5. The second-order valence-electron chi connectivity index (χ2n) is 8.78. The average molecular weight is 516 g/mol. The summed E-state index contributed by atoms with van der Waals surface area (Å²) < 4.78 is 12.2. The number of rotatable bonds is 6. The van der Waals surface area contributed by atoms with E-state index in [9.17, 15) is 14.9 Å². The summed E-state index contributed by atoms with van der Waals surface area (Å²) in [5.41, 5.74) is 8.06. The van der Waals surface area contributed by atoms with Crippen molar-refractivity contribution in [3.63, 3.8) is 0 Å². The molecule has 0 aliphatic carbocycles. The van der Waals surface area contributed by atoms with E-state index in [0.717, 1.165) is 5.56 Å². The lowest BCUT2D eigenvalue weighted by Crippen LogP contribution is -2.39. The van der Waals surface area contributed by atoms with Crippen molar-refractivity contribution in [3.8, 4) is 34.6 Å². The zero-order valence-electron chi connectivity index (χ0n) is 20.5. The van der Waals surface area contributed by atoms with Crippen LogP contribution in [0.3, 0.4) is 0 Å². The van der Waals surface area contributed by atoms with Gasteiger partial charge in [0.2, 0.25) is 6.79 Å². The Morgan fingerprint density at radius 1 is 0.923 bits per heavy atom. The molecule has 0 bridgehead atoms. The van der Waals surface area contributed by atoms with Crippen LogP contribution in [0.1, 0.15) is 22.0 Å². The van der Waals surface area contributed by atoms with Gasteiger partial charge in [-0.3, -0.25) is 19.6 Å². The van der Waals surface area contributed by atoms with Crippen LogP contribution in [-0.4, -0.2) is 22.3 Å². The Labute approximate surface area is 222 Å². The summed E-state index contributed by atoms with van der Waals surface area (Å²) in [4.78, 5) is 31.2. The maximum Gasteiger partial charge on any atom is 0.266 e. The van der Waals surface area contributed by atoms with Gasteiger partial charge in [-0.2, -0.15) is 5.26 Å². The molecule has 1 aliphatic rings. The van der Waals surface area contributed by atoms with Crippen molar-refractivity contribution in [1.29, 1.82) is 5.26 Å². The number of carbonyl (C=O) groups is 1. The second kappa shape index (κ2) is 10.1. The Morgan fingerprint density at radius 2 is 1.67 bits per heavy atom. The van der Waals surface area contributed by atoms with Crippen molar-refractivity contribution in [1.82, 2.24) is 20.4 Å². The summed E-state index contributed by atoms with van der Waals surface area (Å²) in [6.07, 6.45) is 0. The summed E-state index contributed by atoms with van der Waals surface area (Å²) in [6, 6.07) is 29.8. The molecule has 2 N–H and O–H groups in total. The smallest absolute Gasteiger partial charge is 0.266 e. The molecular formula is C30H21N5O4. The highest BCUT2D eigenvalue weighted by atomic mass is 16.7. The van der Waals surface area contributed by atoms with Crippen LogP contribution in [0.15, 0.2) is 102 Å². The molecule has 190 valence electrons. The summed E-state index contributed by atoms with van der Waals surface area (Å²) >= 11 is 0. The lowest BCUT2D eigenvalue weighted by Gasteiger charge is -2.15. The van der Waals surface area contributed by atoms with Crippen LogP contribution >= 0.6 is 0 Å². The van der Waals surface area contributed by atoms with Crippen LogP contribution in [0.4, 0.5) is 0 Å². The number of nitriles is 1. The highest BCUT2D eigenvalue weighted by molar-refractivity contribution is 5.94. The van der Waals surface area contributed by atoms with Gasteiger partial charge in [-0.15, -0.1) is 0 Å². The van der Waals surface area contributed by atoms with Gasteiger partial charge in [0.25, 0.3) is 11.5 Å². The minimum Gasteiger partial charge on any atom is -0.454 e. The van der Waals surface area contributed by atoms with Crippen molar-refractivity contribution < 1.29 is 14.3 Å². The number of para-hydroxylation sites is 1. The fourth-order valence-electron chi connectivity index (χ4n) is 4.41. The predicted molar refractivity (Wildman–Crippen MR) is 144 cm³/mol. The zero-order valence-corrected chi connectivity index (χ0v) is 20.5. The number of nitrogens with zero attached hydrogens (tertiary/aromatic N) is 3. The third kappa shape index (κ3) is 4.56. The molecule has 0 radical (unpaired) electrons. The van der Waals surface area contributed by atoms with E-state index in [-0.39, 0.29) is 12.4 Å². The van der Waals surface area contributed by atoms with Gasteiger partial charge in [0.1, 0.15) is 11.9 Å². The number of amides is 1. The number of carbonyl (C=O) groups excluding carboxylic acids is 1. The zero-order chi connectivity index (χ0) is 26.8. The van der Waals surface area contributed by atoms with Gasteiger partial charge in [-0.05, 0) is 54.1 Å². The third-order valence-corrected chi connectivity index (χ3v) is 6.38. The molecule has 9 nitrogen and oxygen atoms in total. The predicted octanol–water partition coefficient (Wildman–Crippen LogP) is 4.28. The minimum absolute atomic E-state index is 0.129. The topological polar surface area (TPSA) is 118 Å². The Hall–Kier alpha value is -5.46. The first-order chi connectivity index (χ1) is 19.1. The van der Waals surface area contributed by atoms with E-state index in [2.05, 4.69) is 16.9 Å². The van der Waals surface area contributed by atoms with Crippen LogP contribution < -0.4 is 25.9 Å². The maximum atomic E-state index is 13.5. The van der Waals surface area contributed by atoms with E-state index in [1.54, 1.807) is 59.2 Å². The van der Waals surface area contributed by atoms with Crippen LogP contribution in [0, 0.1) is 11.3 Å². The van der Waals surface area contributed by atoms with E-state index in [0.29, 0.717) is 45.0 Å². The van der Waals surface area contributed by atoms with Crippen molar-refractivity contribution >= 4 is 16.8 Å². The highest BCUT2D eigenvalue weighted by Crippen LogP contribution is 2.34. The molecule has 1 unspecified atom stereocenters. The van der Waals surface area contributed by atoms with Crippen molar-refractivity contribution in [2.24, 2.45) is 0 Å². The third-order valence-electron chi connectivity index (χ3n) is 6.38. The number of aromatic nitrogens is 2. The molecule has 0 spiro atoms. The molecule has 5 aromatic rings. The van der Waals surface area contributed by atoms with Gasteiger partial charge in [0.05, 0.1) is 22.7 Å². The van der Waals surface area contributed by atoms with Gasteiger partial charge in [0.15, 0.2) is 11.5 Å². The van der Waals surface area contributed by atoms with E-state index in [1.165, 1.54) is 0 Å². The number of benzene rings is 4. The van der Waals surface area contributed by atoms with Gasteiger partial charge in [-0.25, -0.2) is 10.4 Å². The van der Waals surface area contributed by atoms with Crippen LogP contribution in [0.25, 0.3) is 28.0 Å². The summed E-state index contributed by atoms with van der Waals surface area (Å²) in [7, 11) is 0. The van der Waals surface area contributed by atoms with E-state index in [4.69, 9.17) is 14.5 Å². The number of hydrogen-bond donors (Lipinski definition) is 2. The first-order valence-corrected chi connectivity index (χ1v) is 12.1. The lowest BCUT2D eigenvalue weighted by molar-refractivity contribution is 0.0929. The molecule has 2 heterocycles. The molecule has 0 fully saturated rings. The Bertz CT molecular complexity index is 1790. The minimum atomic E-state index is -0.807. The molecule has 0 saturated carbocycles. The molecular weight excluding hydrogens is 494 g/mol. The number of nitrogens with one attached hydrogen (secondary N) is 2. The largest absolute Gasteiger partial charge is 0.454 e. The Morgan fingerprint density at radius 3 is 2.46 bits per heavy atom. The Kier molecular flexibility index (Phi) is 6.21. The average Bonchev–Trinajstić information content (AvgIpc) is 3.46. The molecule has 1 amide bonds. The first-order valence-electron chi connectivity index (χ1n) is 12.1. The molecule has 6 rings (SSSR count). The van der Waals surface area contributed by atoms with Gasteiger partial charge < -0.3 is 9.47 Å². The molecule has 9 heteroatoms. The van der Waals surface area contributed by atoms with Crippen LogP contribution in [-0.2, 0) is 0 Å². The molecule has 4 aromatic carbocycles. The van der Waals surface area contributed by atoms with E-state index in [1.807, 2.05) is 42.5 Å². The highest BCUT2D eigenvalue weighted by Gasteiger charge is 2.19. The fourth-order valence-corrected chi connectivity index (χ4v) is 4.41. The fraction of sp³-hybridized carbons (Fsp3) is 0.0667. The lowest BCUT2D eigenvalue weighted by atomic mass is 10.1. The Balaban J connectivity index is 1.26. The number of ether oxygens (including phenoxy) is 2. The monoisotopic (exact) mass is 515 g/mol. The number of hydrogen-bond acceptors (Lipinski definition) is 7. The summed E-state index contributed by atoms with van der Waals surface area (Å²) in [6.45, 7) is 0.129.